The number of rotatable bonds is 4. The predicted octanol–water partition coefficient (Wildman–Crippen LogP) is 5.11. The molecule has 0 bridgehead atoms. The van der Waals surface area contributed by atoms with Gasteiger partial charge in [-0.05, 0) is 42.2 Å². The number of carbonyl (C=O) groups is 1. The standard InChI is InChI=1S/C17H18ClNO/c1-3-12(2)13-8-10-14(11-9-13)19-17(20)15-6-4-5-7-16(15)18/h4-12H,3H2,1-2H3,(H,19,20). The first kappa shape index (κ1) is 14.6. The molecule has 1 unspecified atom stereocenters. The number of benzene rings is 2. The summed E-state index contributed by atoms with van der Waals surface area (Å²) >= 11 is 6.01. The van der Waals surface area contributed by atoms with Gasteiger partial charge in [0.15, 0.2) is 0 Å². The number of carbonyl (C=O) groups excluding carboxylic acids is 1. The monoisotopic (exact) mass is 287 g/mol. The summed E-state index contributed by atoms with van der Waals surface area (Å²) in [5.74, 6) is 0.343. The molecule has 0 saturated carbocycles. The van der Waals surface area contributed by atoms with E-state index in [2.05, 4.69) is 31.3 Å². The van der Waals surface area contributed by atoms with Crippen molar-refractivity contribution in [3.8, 4) is 0 Å². The molecule has 0 aliphatic rings. The fourth-order valence-corrected chi connectivity index (χ4v) is 2.20. The molecule has 0 fully saturated rings. The minimum Gasteiger partial charge on any atom is -0.322 e. The summed E-state index contributed by atoms with van der Waals surface area (Å²) in [6.07, 6.45) is 1.10. The van der Waals surface area contributed by atoms with Gasteiger partial charge < -0.3 is 5.32 Å². The summed E-state index contributed by atoms with van der Waals surface area (Å²) in [5.41, 5.74) is 2.55. The molecular formula is C17H18ClNO. The van der Waals surface area contributed by atoms with E-state index in [9.17, 15) is 4.79 Å². The summed E-state index contributed by atoms with van der Waals surface area (Å²) in [7, 11) is 0. The normalized spacial score (nSPS) is 11.9. The average Bonchev–Trinajstić information content (AvgIpc) is 2.47. The van der Waals surface area contributed by atoms with Gasteiger partial charge in [-0.2, -0.15) is 0 Å². The van der Waals surface area contributed by atoms with E-state index in [4.69, 9.17) is 11.6 Å². The maximum Gasteiger partial charge on any atom is 0.257 e. The molecule has 1 N–H and O–H groups in total. The summed E-state index contributed by atoms with van der Waals surface area (Å²) in [6.45, 7) is 4.36. The Balaban J connectivity index is 2.11. The second-order valence-electron chi connectivity index (χ2n) is 4.87. The number of amides is 1. The number of nitrogens with one attached hydrogen (secondary N) is 1. The maximum absolute atomic E-state index is 12.1. The Morgan fingerprint density at radius 2 is 1.80 bits per heavy atom. The van der Waals surface area contributed by atoms with Crippen molar-refractivity contribution >= 4 is 23.2 Å². The Morgan fingerprint density at radius 3 is 2.40 bits per heavy atom. The van der Waals surface area contributed by atoms with Crippen LogP contribution >= 0.6 is 11.6 Å². The lowest BCUT2D eigenvalue weighted by atomic mass is 9.98. The van der Waals surface area contributed by atoms with Crippen LogP contribution in [0.15, 0.2) is 48.5 Å². The highest BCUT2D eigenvalue weighted by molar-refractivity contribution is 6.34. The van der Waals surface area contributed by atoms with E-state index in [0.717, 1.165) is 12.1 Å². The number of hydrogen-bond acceptors (Lipinski definition) is 1. The second kappa shape index (κ2) is 6.58. The van der Waals surface area contributed by atoms with Gasteiger partial charge in [-0.3, -0.25) is 4.79 Å². The summed E-state index contributed by atoms with van der Waals surface area (Å²) < 4.78 is 0. The van der Waals surface area contributed by atoms with Crippen molar-refractivity contribution in [3.05, 3.63) is 64.7 Å². The highest BCUT2D eigenvalue weighted by Crippen LogP contribution is 2.21. The van der Waals surface area contributed by atoms with Gasteiger partial charge in [0.1, 0.15) is 0 Å². The molecule has 0 aliphatic carbocycles. The van der Waals surface area contributed by atoms with Gasteiger partial charge in [-0.25, -0.2) is 0 Å². The highest BCUT2D eigenvalue weighted by Gasteiger charge is 2.10. The molecule has 2 rings (SSSR count). The van der Waals surface area contributed by atoms with E-state index in [1.165, 1.54) is 5.56 Å². The maximum atomic E-state index is 12.1. The Labute approximate surface area is 124 Å². The zero-order valence-electron chi connectivity index (χ0n) is 11.7. The van der Waals surface area contributed by atoms with E-state index >= 15 is 0 Å². The van der Waals surface area contributed by atoms with E-state index in [0.29, 0.717) is 16.5 Å². The number of halogens is 1. The smallest absolute Gasteiger partial charge is 0.257 e. The van der Waals surface area contributed by atoms with Crippen molar-refractivity contribution in [2.45, 2.75) is 26.2 Å². The highest BCUT2D eigenvalue weighted by atomic mass is 35.5. The van der Waals surface area contributed by atoms with Gasteiger partial charge in [0.2, 0.25) is 0 Å². The van der Waals surface area contributed by atoms with Gasteiger partial charge in [-0.15, -0.1) is 0 Å². The molecule has 0 heterocycles. The van der Waals surface area contributed by atoms with Crippen LogP contribution in [0.1, 0.15) is 42.1 Å². The Morgan fingerprint density at radius 1 is 1.15 bits per heavy atom. The van der Waals surface area contributed by atoms with Crippen molar-refractivity contribution in [3.63, 3.8) is 0 Å². The van der Waals surface area contributed by atoms with Gasteiger partial charge in [0, 0.05) is 5.69 Å². The third-order valence-electron chi connectivity index (χ3n) is 3.47. The molecule has 3 heteroatoms. The van der Waals surface area contributed by atoms with Crippen LogP contribution in [0.5, 0.6) is 0 Å². The Hall–Kier alpha value is -1.80. The molecule has 1 amide bonds. The molecule has 0 saturated heterocycles. The Kier molecular flexibility index (Phi) is 4.80. The van der Waals surface area contributed by atoms with E-state index < -0.39 is 0 Å². The zero-order chi connectivity index (χ0) is 14.5. The van der Waals surface area contributed by atoms with Crippen molar-refractivity contribution in [2.24, 2.45) is 0 Å². The molecule has 2 aromatic rings. The predicted molar refractivity (Wildman–Crippen MR) is 84.6 cm³/mol. The van der Waals surface area contributed by atoms with Crippen LogP contribution in [-0.4, -0.2) is 5.91 Å². The molecule has 104 valence electrons. The fraction of sp³-hybridized carbons (Fsp3) is 0.235. The fourth-order valence-electron chi connectivity index (χ4n) is 1.97. The third kappa shape index (κ3) is 3.40. The topological polar surface area (TPSA) is 29.1 Å². The first-order chi connectivity index (χ1) is 9.61. The van der Waals surface area contributed by atoms with Gasteiger partial charge in [-0.1, -0.05) is 49.7 Å². The van der Waals surface area contributed by atoms with Crippen molar-refractivity contribution in [1.82, 2.24) is 0 Å². The van der Waals surface area contributed by atoms with Crippen LogP contribution in [0.25, 0.3) is 0 Å². The Bertz CT molecular complexity index is 592. The third-order valence-corrected chi connectivity index (χ3v) is 3.80. The lowest BCUT2D eigenvalue weighted by molar-refractivity contribution is 0.102. The van der Waals surface area contributed by atoms with E-state index in [1.54, 1.807) is 24.3 Å². The van der Waals surface area contributed by atoms with Crippen molar-refractivity contribution in [2.75, 3.05) is 5.32 Å². The summed E-state index contributed by atoms with van der Waals surface area (Å²) in [6, 6.07) is 15.0. The van der Waals surface area contributed by atoms with Crippen LogP contribution < -0.4 is 5.32 Å². The number of anilines is 1. The zero-order valence-corrected chi connectivity index (χ0v) is 12.4. The van der Waals surface area contributed by atoms with Crippen LogP contribution in [0.4, 0.5) is 5.69 Å². The summed E-state index contributed by atoms with van der Waals surface area (Å²) in [4.78, 5) is 12.1. The molecule has 0 aromatic heterocycles. The first-order valence-corrected chi connectivity index (χ1v) is 7.15. The average molecular weight is 288 g/mol. The van der Waals surface area contributed by atoms with Crippen molar-refractivity contribution < 1.29 is 4.79 Å². The van der Waals surface area contributed by atoms with Gasteiger partial charge in [0.05, 0.1) is 10.6 Å². The van der Waals surface area contributed by atoms with E-state index in [-0.39, 0.29) is 5.91 Å². The molecule has 0 radical (unpaired) electrons. The SMILES string of the molecule is CCC(C)c1ccc(NC(=O)c2ccccc2Cl)cc1. The molecule has 1 atom stereocenters. The second-order valence-corrected chi connectivity index (χ2v) is 5.27. The minimum atomic E-state index is -0.188. The van der Waals surface area contributed by atoms with Crippen LogP contribution in [0, 0.1) is 0 Å². The minimum absolute atomic E-state index is 0.188. The van der Waals surface area contributed by atoms with Crippen LogP contribution in [-0.2, 0) is 0 Å². The van der Waals surface area contributed by atoms with E-state index in [1.807, 2.05) is 12.1 Å². The molecule has 2 nitrogen and oxygen atoms in total. The summed E-state index contributed by atoms with van der Waals surface area (Å²) in [5, 5.41) is 3.32. The lowest BCUT2D eigenvalue weighted by Crippen LogP contribution is -2.12. The lowest BCUT2D eigenvalue weighted by Gasteiger charge is -2.11. The molecule has 0 aliphatic heterocycles. The number of hydrogen-bond donors (Lipinski definition) is 1. The quantitative estimate of drug-likeness (QED) is 0.832. The molecule has 2 aromatic carbocycles. The van der Waals surface area contributed by atoms with Gasteiger partial charge in [0.25, 0.3) is 5.91 Å². The van der Waals surface area contributed by atoms with Gasteiger partial charge >= 0.3 is 0 Å². The largest absolute Gasteiger partial charge is 0.322 e. The molecule has 0 spiro atoms. The van der Waals surface area contributed by atoms with Crippen molar-refractivity contribution in [1.29, 1.82) is 0 Å². The van der Waals surface area contributed by atoms with Crippen LogP contribution in [0.2, 0.25) is 5.02 Å². The molecular weight excluding hydrogens is 270 g/mol. The first-order valence-electron chi connectivity index (χ1n) is 6.77. The molecule has 20 heavy (non-hydrogen) atoms. The van der Waals surface area contributed by atoms with Crippen LogP contribution in [0.3, 0.4) is 0 Å².